The van der Waals surface area contributed by atoms with Gasteiger partial charge in [0.05, 0.1) is 5.75 Å². The highest BCUT2D eigenvalue weighted by atomic mass is 32.2. The van der Waals surface area contributed by atoms with Crippen molar-refractivity contribution in [1.29, 1.82) is 0 Å². The van der Waals surface area contributed by atoms with Crippen molar-refractivity contribution in [3.63, 3.8) is 0 Å². The number of fused-ring (bicyclic) bond motifs is 3. The molecule has 4 aromatic rings. The van der Waals surface area contributed by atoms with Crippen molar-refractivity contribution >= 4 is 56.7 Å². The topological polar surface area (TPSA) is 80.7 Å². The van der Waals surface area contributed by atoms with Crippen LogP contribution in [0.4, 0.5) is 5.95 Å². The van der Waals surface area contributed by atoms with Gasteiger partial charge in [0.15, 0.2) is 0 Å². The first-order valence-electron chi connectivity index (χ1n) is 10.2. The monoisotopic (exact) mass is 467 g/mol. The first-order valence-corrected chi connectivity index (χ1v) is 12.8. The van der Waals surface area contributed by atoms with E-state index >= 15 is 0 Å². The third-order valence-corrected chi connectivity index (χ3v) is 8.20. The molecule has 0 saturated carbocycles. The largest absolute Gasteiger partial charge is 0.293 e. The van der Waals surface area contributed by atoms with E-state index in [0.717, 1.165) is 50.0 Å². The van der Waals surface area contributed by atoms with Crippen LogP contribution in [-0.4, -0.2) is 31.0 Å². The van der Waals surface area contributed by atoms with Gasteiger partial charge < -0.3 is 0 Å². The van der Waals surface area contributed by atoms with E-state index in [0.29, 0.717) is 5.95 Å². The molecule has 1 N–H and O–H groups in total. The van der Waals surface area contributed by atoms with E-state index in [2.05, 4.69) is 24.6 Å². The van der Waals surface area contributed by atoms with E-state index in [1.807, 2.05) is 38.1 Å². The summed E-state index contributed by atoms with van der Waals surface area (Å²) < 4.78 is 4.31. The van der Waals surface area contributed by atoms with Gasteiger partial charge in [-0.15, -0.1) is 11.3 Å². The molecule has 3 heterocycles. The third kappa shape index (κ3) is 4.22. The SMILES string of the molecule is Cc1nc(SCC(=O)Nc2nsc(-c3ccccc3C)n2)c2c3c(sc2n1)CCCC3. The Morgan fingerprint density at radius 1 is 1.13 bits per heavy atom. The predicted octanol–water partition coefficient (Wildman–Crippen LogP) is 5.44. The summed E-state index contributed by atoms with van der Waals surface area (Å²) in [7, 11) is 0. The number of amides is 1. The molecule has 3 aromatic heterocycles. The molecule has 0 radical (unpaired) electrons. The molecule has 9 heteroatoms. The van der Waals surface area contributed by atoms with E-state index in [1.54, 1.807) is 11.3 Å². The average Bonchev–Trinajstić information content (AvgIpc) is 3.36. The molecule has 5 rings (SSSR count). The van der Waals surface area contributed by atoms with Gasteiger partial charge in [-0.2, -0.15) is 9.36 Å². The highest BCUT2D eigenvalue weighted by Gasteiger charge is 2.21. The molecule has 0 spiro atoms. The van der Waals surface area contributed by atoms with Crippen LogP contribution in [-0.2, 0) is 17.6 Å². The summed E-state index contributed by atoms with van der Waals surface area (Å²) in [5.41, 5.74) is 3.56. The van der Waals surface area contributed by atoms with Gasteiger partial charge in [0.25, 0.3) is 0 Å². The summed E-state index contributed by atoms with van der Waals surface area (Å²) in [5, 5.41) is 5.69. The number of hydrogen-bond donors (Lipinski definition) is 1. The van der Waals surface area contributed by atoms with Gasteiger partial charge in [0, 0.05) is 15.8 Å². The van der Waals surface area contributed by atoms with Crippen LogP contribution in [0.5, 0.6) is 0 Å². The van der Waals surface area contributed by atoms with Gasteiger partial charge in [-0.1, -0.05) is 36.0 Å². The standard InChI is InChI=1S/C22H21N5OS3/c1-12-7-3-4-8-14(12)19-26-22(27-31-19)25-17(28)11-29-20-18-15-9-5-6-10-16(15)30-21(18)24-13(2)23-20/h3-4,7-8H,5-6,9-11H2,1-2H3,(H,25,27,28). The molecule has 0 aliphatic heterocycles. The minimum Gasteiger partial charge on any atom is -0.293 e. The lowest BCUT2D eigenvalue weighted by atomic mass is 9.97. The zero-order chi connectivity index (χ0) is 21.4. The molecule has 1 aromatic carbocycles. The number of carbonyl (C=O) groups is 1. The Labute approximate surface area is 192 Å². The van der Waals surface area contributed by atoms with E-state index in [4.69, 9.17) is 0 Å². The lowest BCUT2D eigenvalue weighted by Crippen LogP contribution is -2.15. The fourth-order valence-corrected chi connectivity index (χ4v) is 6.81. The lowest BCUT2D eigenvalue weighted by molar-refractivity contribution is -0.113. The molecule has 31 heavy (non-hydrogen) atoms. The first-order chi connectivity index (χ1) is 15.1. The summed E-state index contributed by atoms with van der Waals surface area (Å²) in [6, 6.07) is 8.03. The fourth-order valence-electron chi connectivity index (χ4n) is 3.82. The summed E-state index contributed by atoms with van der Waals surface area (Å²) in [5.74, 6) is 1.23. The number of aryl methyl sites for hydroxylation is 4. The number of thioether (sulfide) groups is 1. The van der Waals surface area contributed by atoms with Gasteiger partial charge in [0.2, 0.25) is 11.9 Å². The summed E-state index contributed by atoms with van der Waals surface area (Å²) in [6.45, 7) is 3.95. The number of rotatable bonds is 5. The van der Waals surface area contributed by atoms with Crippen molar-refractivity contribution in [2.45, 2.75) is 44.6 Å². The van der Waals surface area contributed by atoms with Crippen molar-refractivity contribution in [3.8, 4) is 10.6 Å². The fraction of sp³-hybridized carbons (Fsp3) is 0.318. The number of benzene rings is 1. The van der Waals surface area contributed by atoms with E-state index in [-0.39, 0.29) is 11.7 Å². The lowest BCUT2D eigenvalue weighted by Gasteiger charge is -2.11. The van der Waals surface area contributed by atoms with Crippen LogP contribution >= 0.6 is 34.6 Å². The second-order valence-corrected chi connectivity index (χ2v) is 10.3. The molecule has 0 bridgehead atoms. The van der Waals surface area contributed by atoms with Crippen molar-refractivity contribution < 1.29 is 4.79 Å². The number of nitrogens with zero attached hydrogens (tertiary/aromatic N) is 4. The molecule has 0 unspecified atom stereocenters. The predicted molar refractivity (Wildman–Crippen MR) is 128 cm³/mol. The molecule has 1 amide bonds. The van der Waals surface area contributed by atoms with Crippen molar-refractivity contribution in [3.05, 3.63) is 46.1 Å². The second kappa shape index (κ2) is 8.64. The highest BCUT2D eigenvalue weighted by Crippen LogP contribution is 2.39. The Balaban J connectivity index is 1.31. The molecular weight excluding hydrogens is 446 g/mol. The number of hydrogen-bond acceptors (Lipinski definition) is 8. The first kappa shape index (κ1) is 20.5. The summed E-state index contributed by atoms with van der Waals surface area (Å²) >= 11 is 4.54. The maximum absolute atomic E-state index is 12.6. The van der Waals surface area contributed by atoms with E-state index < -0.39 is 0 Å². The molecule has 0 fully saturated rings. The number of aromatic nitrogens is 4. The Morgan fingerprint density at radius 3 is 2.84 bits per heavy atom. The van der Waals surface area contributed by atoms with Gasteiger partial charge in [-0.3, -0.25) is 10.1 Å². The molecule has 158 valence electrons. The molecule has 1 aliphatic rings. The zero-order valence-corrected chi connectivity index (χ0v) is 19.7. The third-order valence-electron chi connectivity index (χ3n) is 5.29. The van der Waals surface area contributed by atoms with Crippen LogP contribution in [0.3, 0.4) is 0 Å². The zero-order valence-electron chi connectivity index (χ0n) is 17.3. The van der Waals surface area contributed by atoms with E-state index in [1.165, 1.54) is 46.6 Å². The van der Waals surface area contributed by atoms with Crippen molar-refractivity contribution in [2.24, 2.45) is 0 Å². The minimum absolute atomic E-state index is 0.132. The molecule has 6 nitrogen and oxygen atoms in total. The van der Waals surface area contributed by atoms with Gasteiger partial charge in [-0.25, -0.2) is 9.97 Å². The number of carbonyl (C=O) groups excluding carboxylic acids is 1. The Hall–Kier alpha value is -2.36. The Kier molecular flexibility index (Phi) is 5.73. The normalized spacial score (nSPS) is 13.4. The Bertz CT molecular complexity index is 1280. The Morgan fingerprint density at radius 2 is 1.97 bits per heavy atom. The summed E-state index contributed by atoms with van der Waals surface area (Å²) in [6.07, 6.45) is 4.64. The molecular formula is C22H21N5OS3. The van der Waals surface area contributed by atoms with E-state index in [9.17, 15) is 4.79 Å². The van der Waals surface area contributed by atoms with Crippen molar-refractivity contribution in [2.75, 3.05) is 11.1 Å². The smallest absolute Gasteiger partial charge is 0.241 e. The highest BCUT2D eigenvalue weighted by molar-refractivity contribution is 8.00. The molecule has 1 aliphatic carbocycles. The minimum atomic E-state index is -0.132. The van der Waals surface area contributed by atoms with Crippen LogP contribution in [0.2, 0.25) is 0 Å². The second-order valence-electron chi connectivity index (χ2n) is 7.54. The van der Waals surface area contributed by atoms with Crippen LogP contribution in [0, 0.1) is 13.8 Å². The quantitative estimate of drug-likeness (QED) is 0.311. The number of anilines is 1. The van der Waals surface area contributed by atoms with Gasteiger partial charge in [-0.05, 0) is 62.2 Å². The van der Waals surface area contributed by atoms with Crippen LogP contribution in [0.15, 0.2) is 29.3 Å². The molecule has 0 saturated heterocycles. The maximum Gasteiger partial charge on any atom is 0.241 e. The number of nitrogens with one attached hydrogen (secondary N) is 1. The van der Waals surface area contributed by atoms with Crippen LogP contribution in [0.25, 0.3) is 20.8 Å². The van der Waals surface area contributed by atoms with Gasteiger partial charge in [0.1, 0.15) is 20.7 Å². The van der Waals surface area contributed by atoms with Gasteiger partial charge >= 0.3 is 0 Å². The molecule has 0 atom stereocenters. The average molecular weight is 468 g/mol. The van der Waals surface area contributed by atoms with Crippen LogP contribution in [0.1, 0.15) is 34.7 Å². The summed E-state index contributed by atoms with van der Waals surface area (Å²) in [4.78, 5) is 28.9. The van der Waals surface area contributed by atoms with Crippen LogP contribution < -0.4 is 5.32 Å². The maximum atomic E-state index is 12.6. The van der Waals surface area contributed by atoms with Crippen molar-refractivity contribution in [1.82, 2.24) is 19.3 Å². The number of thiophene rings is 1.